The zero-order chi connectivity index (χ0) is 13.8. The highest BCUT2D eigenvalue weighted by molar-refractivity contribution is 5.77. The molecule has 0 saturated carbocycles. The molecule has 0 spiro atoms. The highest BCUT2D eigenvalue weighted by atomic mass is 16.4. The Kier molecular flexibility index (Phi) is 3.95. The summed E-state index contributed by atoms with van der Waals surface area (Å²) in [6, 6.07) is 9.68. The third-order valence-electron chi connectivity index (χ3n) is 3.30. The van der Waals surface area contributed by atoms with Crippen LogP contribution in [0, 0.1) is 13.8 Å². The highest BCUT2D eigenvalue weighted by Crippen LogP contribution is 2.25. The first kappa shape index (κ1) is 13.3. The summed E-state index contributed by atoms with van der Waals surface area (Å²) < 4.78 is 0. The number of benzene rings is 1. The maximum absolute atomic E-state index is 11.6. The molecule has 1 unspecified atom stereocenters. The van der Waals surface area contributed by atoms with Crippen LogP contribution in [0.25, 0.3) is 0 Å². The quantitative estimate of drug-likeness (QED) is 0.913. The minimum atomic E-state index is -0.787. The fourth-order valence-electron chi connectivity index (χ4n) is 2.22. The van der Waals surface area contributed by atoms with E-state index < -0.39 is 11.9 Å². The molecule has 0 bridgehead atoms. The van der Waals surface area contributed by atoms with Crippen LogP contribution in [-0.4, -0.2) is 16.1 Å². The molecule has 3 heteroatoms. The fraction of sp³-hybridized carbons (Fsp3) is 0.250. The predicted molar refractivity (Wildman–Crippen MR) is 74.2 cm³/mol. The van der Waals surface area contributed by atoms with E-state index in [4.69, 9.17) is 0 Å². The molecule has 0 aliphatic carbocycles. The first-order valence-corrected chi connectivity index (χ1v) is 6.27. The molecule has 1 heterocycles. The van der Waals surface area contributed by atoms with Crippen molar-refractivity contribution in [2.45, 2.75) is 26.2 Å². The molecule has 1 aromatic carbocycles. The Hall–Kier alpha value is -2.16. The predicted octanol–water partition coefficient (Wildman–Crippen LogP) is 3.11. The average molecular weight is 255 g/mol. The van der Waals surface area contributed by atoms with Gasteiger partial charge in [-0.2, -0.15) is 0 Å². The van der Waals surface area contributed by atoms with Gasteiger partial charge in [0.25, 0.3) is 0 Å². The van der Waals surface area contributed by atoms with Gasteiger partial charge in [0.05, 0.1) is 5.92 Å². The molecule has 0 amide bonds. The summed E-state index contributed by atoms with van der Waals surface area (Å²) in [5.41, 5.74) is 3.99. The summed E-state index contributed by atoms with van der Waals surface area (Å²) in [5, 5.41) is 9.49. The van der Waals surface area contributed by atoms with Gasteiger partial charge in [0.2, 0.25) is 0 Å². The van der Waals surface area contributed by atoms with E-state index in [0.717, 1.165) is 22.3 Å². The van der Waals surface area contributed by atoms with E-state index in [-0.39, 0.29) is 0 Å². The normalized spacial score (nSPS) is 12.1. The molecule has 1 N–H and O–H groups in total. The fourth-order valence-corrected chi connectivity index (χ4v) is 2.22. The van der Waals surface area contributed by atoms with Crippen LogP contribution in [0.2, 0.25) is 0 Å². The van der Waals surface area contributed by atoms with Gasteiger partial charge in [-0.25, -0.2) is 0 Å². The molecule has 1 atom stereocenters. The third kappa shape index (κ3) is 3.19. The lowest BCUT2D eigenvalue weighted by Crippen LogP contribution is -2.16. The topological polar surface area (TPSA) is 50.2 Å². The number of nitrogens with zero attached hydrogens (tertiary/aromatic N) is 1. The largest absolute Gasteiger partial charge is 0.481 e. The number of rotatable bonds is 4. The van der Waals surface area contributed by atoms with E-state index in [2.05, 4.69) is 4.98 Å². The van der Waals surface area contributed by atoms with Crippen LogP contribution in [0.1, 0.15) is 28.2 Å². The van der Waals surface area contributed by atoms with Crippen LogP contribution in [-0.2, 0) is 11.2 Å². The van der Waals surface area contributed by atoms with Crippen molar-refractivity contribution in [1.82, 2.24) is 4.98 Å². The number of hydrogen-bond acceptors (Lipinski definition) is 2. The number of carboxylic acids is 1. The molecular weight excluding hydrogens is 238 g/mol. The van der Waals surface area contributed by atoms with Crippen LogP contribution in [0.15, 0.2) is 42.7 Å². The number of pyridine rings is 1. The van der Waals surface area contributed by atoms with Crippen LogP contribution in [0.4, 0.5) is 0 Å². The van der Waals surface area contributed by atoms with Crippen molar-refractivity contribution < 1.29 is 9.90 Å². The first-order valence-electron chi connectivity index (χ1n) is 6.27. The Bertz CT molecular complexity index is 579. The van der Waals surface area contributed by atoms with Crippen molar-refractivity contribution in [3.63, 3.8) is 0 Å². The molecule has 0 fully saturated rings. The smallest absolute Gasteiger partial charge is 0.311 e. The van der Waals surface area contributed by atoms with E-state index in [1.165, 1.54) is 0 Å². The lowest BCUT2D eigenvalue weighted by atomic mass is 9.88. The summed E-state index contributed by atoms with van der Waals surface area (Å²) in [6.45, 7) is 3.94. The molecule has 0 radical (unpaired) electrons. The van der Waals surface area contributed by atoms with Gasteiger partial charge in [-0.05, 0) is 49.1 Å². The number of aromatic nitrogens is 1. The Morgan fingerprint density at radius 1 is 1.21 bits per heavy atom. The van der Waals surface area contributed by atoms with Gasteiger partial charge in [-0.15, -0.1) is 0 Å². The maximum Gasteiger partial charge on any atom is 0.311 e. The number of aryl methyl sites for hydroxylation is 2. The minimum Gasteiger partial charge on any atom is -0.481 e. The van der Waals surface area contributed by atoms with E-state index in [0.29, 0.717) is 6.42 Å². The van der Waals surface area contributed by atoms with Gasteiger partial charge in [0.15, 0.2) is 0 Å². The Balaban J connectivity index is 2.35. The van der Waals surface area contributed by atoms with Crippen LogP contribution in [0.3, 0.4) is 0 Å². The van der Waals surface area contributed by atoms with Crippen molar-refractivity contribution in [3.05, 3.63) is 65.0 Å². The van der Waals surface area contributed by atoms with Crippen molar-refractivity contribution in [2.24, 2.45) is 0 Å². The van der Waals surface area contributed by atoms with E-state index >= 15 is 0 Å². The number of hydrogen-bond donors (Lipinski definition) is 1. The molecular formula is C16H17NO2. The Labute approximate surface area is 112 Å². The summed E-state index contributed by atoms with van der Waals surface area (Å²) >= 11 is 0. The second kappa shape index (κ2) is 5.65. The molecule has 19 heavy (non-hydrogen) atoms. The van der Waals surface area contributed by atoms with E-state index in [1.54, 1.807) is 12.4 Å². The second-order valence-electron chi connectivity index (χ2n) is 4.81. The van der Waals surface area contributed by atoms with Crippen molar-refractivity contribution in [3.8, 4) is 0 Å². The van der Waals surface area contributed by atoms with Crippen molar-refractivity contribution in [1.29, 1.82) is 0 Å². The summed E-state index contributed by atoms with van der Waals surface area (Å²) in [5.74, 6) is -1.30. The molecule has 0 saturated heterocycles. The van der Waals surface area contributed by atoms with Gasteiger partial charge in [0.1, 0.15) is 0 Å². The Morgan fingerprint density at radius 2 is 1.89 bits per heavy atom. The molecule has 0 aliphatic heterocycles. The molecule has 2 rings (SSSR count). The average Bonchev–Trinajstić information content (AvgIpc) is 2.40. The highest BCUT2D eigenvalue weighted by Gasteiger charge is 2.22. The Morgan fingerprint density at radius 3 is 2.53 bits per heavy atom. The van der Waals surface area contributed by atoms with Crippen molar-refractivity contribution >= 4 is 5.97 Å². The van der Waals surface area contributed by atoms with Gasteiger partial charge >= 0.3 is 5.97 Å². The zero-order valence-electron chi connectivity index (χ0n) is 11.1. The van der Waals surface area contributed by atoms with Gasteiger partial charge in [-0.3, -0.25) is 9.78 Å². The standard InChI is InChI=1S/C16H17NO2/c1-11-3-4-12(2)14(9-11)15(16(18)19)10-13-5-7-17-8-6-13/h3-9,15H,10H2,1-2H3,(H,18,19). The lowest BCUT2D eigenvalue weighted by Gasteiger charge is -2.16. The SMILES string of the molecule is Cc1ccc(C)c(C(Cc2ccncc2)C(=O)O)c1. The number of aliphatic carboxylic acids is 1. The molecule has 3 nitrogen and oxygen atoms in total. The summed E-state index contributed by atoms with van der Waals surface area (Å²) in [6.07, 6.45) is 3.87. The van der Waals surface area contributed by atoms with Crippen LogP contribution >= 0.6 is 0 Å². The monoisotopic (exact) mass is 255 g/mol. The summed E-state index contributed by atoms with van der Waals surface area (Å²) in [7, 11) is 0. The zero-order valence-corrected chi connectivity index (χ0v) is 11.1. The van der Waals surface area contributed by atoms with Crippen molar-refractivity contribution in [2.75, 3.05) is 0 Å². The van der Waals surface area contributed by atoms with E-state index in [9.17, 15) is 9.90 Å². The second-order valence-corrected chi connectivity index (χ2v) is 4.81. The van der Waals surface area contributed by atoms with Gasteiger partial charge in [0, 0.05) is 12.4 Å². The van der Waals surface area contributed by atoms with Gasteiger partial charge in [-0.1, -0.05) is 23.8 Å². The van der Waals surface area contributed by atoms with Crippen LogP contribution in [0.5, 0.6) is 0 Å². The minimum absolute atomic E-state index is 0.488. The first-order chi connectivity index (χ1) is 9.08. The van der Waals surface area contributed by atoms with E-state index in [1.807, 2.05) is 44.2 Å². The number of carboxylic acid groups (broad SMARTS) is 1. The van der Waals surface area contributed by atoms with Crippen LogP contribution < -0.4 is 0 Å². The third-order valence-corrected chi connectivity index (χ3v) is 3.30. The molecule has 1 aromatic heterocycles. The molecule has 98 valence electrons. The lowest BCUT2D eigenvalue weighted by molar-refractivity contribution is -0.138. The molecule has 0 aliphatic rings. The molecule has 2 aromatic rings. The number of carbonyl (C=O) groups is 1. The maximum atomic E-state index is 11.6. The summed E-state index contributed by atoms with van der Waals surface area (Å²) in [4.78, 5) is 15.5. The van der Waals surface area contributed by atoms with Gasteiger partial charge < -0.3 is 5.11 Å².